The highest BCUT2D eigenvalue weighted by Gasteiger charge is 2.13. The van der Waals surface area contributed by atoms with Gasteiger partial charge in [0.2, 0.25) is 0 Å². The van der Waals surface area contributed by atoms with Crippen molar-refractivity contribution in [2.45, 2.75) is 40.5 Å². The molecule has 82 valence electrons. The Bertz CT molecular complexity index is 392. The summed E-state index contributed by atoms with van der Waals surface area (Å²) in [6, 6.07) is 1.79. The van der Waals surface area contributed by atoms with Crippen LogP contribution in [0.25, 0.3) is 0 Å². The lowest BCUT2D eigenvalue weighted by Gasteiger charge is -2.11. The largest absolute Gasteiger partial charge is 0.507 e. The second-order valence-electron chi connectivity index (χ2n) is 4.01. The minimum atomic E-state index is 0.168. The van der Waals surface area contributed by atoms with Gasteiger partial charge in [-0.1, -0.05) is 6.92 Å². The molecule has 15 heavy (non-hydrogen) atoms. The van der Waals surface area contributed by atoms with Gasteiger partial charge in [0.15, 0.2) is 5.78 Å². The number of phenolic OH excluding ortho intramolecular Hbond substituents is 1. The highest BCUT2D eigenvalue weighted by Crippen LogP contribution is 2.28. The molecule has 2 heteroatoms. The van der Waals surface area contributed by atoms with Crippen LogP contribution >= 0.6 is 0 Å². The fourth-order valence-corrected chi connectivity index (χ4v) is 1.72. The first-order chi connectivity index (χ1) is 6.99. The summed E-state index contributed by atoms with van der Waals surface area (Å²) in [6.07, 6.45) is 1.43. The summed E-state index contributed by atoms with van der Waals surface area (Å²) in [5, 5.41) is 9.71. The number of rotatable bonds is 3. The molecule has 0 fully saturated rings. The Balaban J connectivity index is 3.26. The number of ketones is 1. The van der Waals surface area contributed by atoms with Crippen LogP contribution in [0.3, 0.4) is 0 Å². The molecule has 0 aliphatic heterocycles. The Labute approximate surface area is 90.9 Å². The number of aryl methyl sites for hydroxylation is 1. The SMILES string of the molecule is CCCC(=O)c1cc(C)c(O)c(C)c1C. The van der Waals surface area contributed by atoms with Gasteiger partial charge < -0.3 is 5.11 Å². The number of Topliss-reactive ketones (excluding diaryl/α,β-unsaturated/α-hetero) is 1. The van der Waals surface area contributed by atoms with Crippen molar-refractivity contribution in [2.24, 2.45) is 0 Å². The van der Waals surface area contributed by atoms with Crippen LogP contribution in [0.4, 0.5) is 0 Å². The van der Waals surface area contributed by atoms with Crippen molar-refractivity contribution < 1.29 is 9.90 Å². The topological polar surface area (TPSA) is 37.3 Å². The van der Waals surface area contributed by atoms with Crippen LogP contribution in [0.15, 0.2) is 6.07 Å². The van der Waals surface area contributed by atoms with E-state index < -0.39 is 0 Å². The molecule has 0 aliphatic rings. The van der Waals surface area contributed by atoms with Gasteiger partial charge in [0.1, 0.15) is 5.75 Å². The van der Waals surface area contributed by atoms with Gasteiger partial charge in [-0.15, -0.1) is 0 Å². The zero-order valence-corrected chi connectivity index (χ0v) is 9.85. The summed E-state index contributed by atoms with van der Waals surface area (Å²) in [5.41, 5.74) is 3.24. The van der Waals surface area contributed by atoms with E-state index in [0.717, 1.165) is 28.7 Å². The molecule has 1 aromatic rings. The average molecular weight is 206 g/mol. The van der Waals surface area contributed by atoms with E-state index in [-0.39, 0.29) is 5.78 Å². The molecule has 0 unspecified atom stereocenters. The van der Waals surface area contributed by atoms with Crippen LogP contribution in [0.5, 0.6) is 5.75 Å². The van der Waals surface area contributed by atoms with Crippen molar-refractivity contribution in [3.63, 3.8) is 0 Å². The van der Waals surface area contributed by atoms with Crippen LogP contribution in [0.2, 0.25) is 0 Å². The van der Waals surface area contributed by atoms with Crippen LogP contribution in [0, 0.1) is 20.8 Å². The first-order valence-corrected chi connectivity index (χ1v) is 5.32. The van der Waals surface area contributed by atoms with Crippen LogP contribution in [0.1, 0.15) is 46.8 Å². The monoisotopic (exact) mass is 206 g/mol. The van der Waals surface area contributed by atoms with Crippen molar-refractivity contribution in [3.8, 4) is 5.75 Å². The normalized spacial score (nSPS) is 10.4. The highest BCUT2D eigenvalue weighted by molar-refractivity contribution is 5.98. The fourth-order valence-electron chi connectivity index (χ4n) is 1.72. The lowest BCUT2D eigenvalue weighted by Crippen LogP contribution is -2.03. The van der Waals surface area contributed by atoms with Gasteiger partial charge in [-0.25, -0.2) is 0 Å². The number of hydrogen-bond donors (Lipinski definition) is 1. The van der Waals surface area contributed by atoms with E-state index >= 15 is 0 Å². The van der Waals surface area contributed by atoms with Crippen LogP contribution in [-0.2, 0) is 0 Å². The third kappa shape index (κ3) is 2.20. The third-order valence-corrected chi connectivity index (χ3v) is 2.83. The quantitative estimate of drug-likeness (QED) is 0.770. The Morgan fingerprint density at radius 2 is 1.87 bits per heavy atom. The van der Waals surface area contributed by atoms with Gasteiger partial charge in [-0.2, -0.15) is 0 Å². The summed E-state index contributed by atoms with van der Waals surface area (Å²) >= 11 is 0. The highest BCUT2D eigenvalue weighted by atomic mass is 16.3. The molecule has 0 heterocycles. The predicted molar refractivity (Wildman–Crippen MR) is 61.6 cm³/mol. The van der Waals surface area contributed by atoms with Crippen molar-refractivity contribution >= 4 is 5.78 Å². The fraction of sp³-hybridized carbons (Fsp3) is 0.462. The van der Waals surface area contributed by atoms with E-state index in [0.29, 0.717) is 12.2 Å². The Morgan fingerprint density at radius 3 is 2.40 bits per heavy atom. The standard InChI is InChI=1S/C13H18O2/c1-5-6-12(14)11-7-8(2)13(15)10(4)9(11)3/h7,15H,5-6H2,1-4H3. The number of carbonyl (C=O) groups excluding carboxylic acids is 1. The smallest absolute Gasteiger partial charge is 0.163 e. The molecule has 1 N–H and O–H groups in total. The van der Waals surface area contributed by atoms with E-state index in [9.17, 15) is 9.90 Å². The lowest BCUT2D eigenvalue weighted by molar-refractivity contribution is 0.0981. The number of phenols is 1. The summed E-state index contributed by atoms with van der Waals surface area (Å²) in [4.78, 5) is 11.8. The maximum Gasteiger partial charge on any atom is 0.163 e. The molecule has 0 saturated heterocycles. The van der Waals surface area contributed by atoms with Crippen LogP contribution in [-0.4, -0.2) is 10.9 Å². The van der Waals surface area contributed by atoms with Crippen LogP contribution < -0.4 is 0 Å². The van der Waals surface area contributed by atoms with Crippen molar-refractivity contribution in [3.05, 3.63) is 28.3 Å². The maximum atomic E-state index is 11.8. The summed E-state index contributed by atoms with van der Waals surface area (Å²) in [5.74, 6) is 0.474. The molecule has 2 nitrogen and oxygen atoms in total. The summed E-state index contributed by atoms with van der Waals surface area (Å²) < 4.78 is 0. The van der Waals surface area contributed by atoms with E-state index in [2.05, 4.69) is 0 Å². The van der Waals surface area contributed by atoms with E-state index in [4.69, 9.17) is 0 Å². The summed E-state index contributed by atoms with van der Waals surface area (Å²) in [7, 11) is 0. The van der Waals surface area contributed by atoms with Gasteiger partial charge in [0, 0.05) is 12.0 Å². The molecular formula is C13H18O2. The molecule has 0 amide bonds. The van der Waals surface area contributed by atoms with Crippen molar-refractivity contribution in [1.82, 2.24) is 0 Å². The minimum Gasteiger partial charge on any atom is -0.507 e. The van der Waals surface area contributed by atoms with Crippen molar-refractivity contribution in [2.75, 3.05) is 0 Å². The molecular weight excluding hydrogens is 188 g/mol. The molecule has 1 aromatic carbocycles. The average Bonchev–Trinajstić information content (AvgIpc) is 2.20. The molecule has 0 aliphatic carbocycles. The number of benzene rings is 1. The molecule has 0 radical (unpaired) electrons. The van der Waals surface area contributed by atoms with Gasteiger partial charge in [0.25, 0.3) is 0 Å². The molecule has 0 spiro atoms. The predicted octanol–water partition coefficient (Wildman–Crippen LogP) is 3.30. The second kappa shape index (κ2) is 4.47. The summed E-state index contributed by atoms with van der Waals surface area (Å²) in [6.45, 7) is 7.55. The van der Waals surface area contributed by atoms with E-state index in [1.165, 1.54) is 0 Å². The maximum absolute atomic E-state index is 11.8. The third-order valence-electron chi connectivity index (χ3n) is 2.83. The Kier molecular flexibility index (Phi) is 3.51. The number of carbonyl (C=O) groups is 1. The molecule has 0 atom stereocenters. The molecule has 0 bridgehead atoms. The Hall–Kier alpha value is -1.31. The number of aromatic hydroxyl groups is 1. The molecule has 1 rings (SSSR count). The van der Waals surface area contributed by atoms with Gasteiger partial charge in [-0.05, 0) is 49.9 Å². The lowest BCUT2D eigenvalue weighted by atomic mass is 9.94. The Morgan fingerprint density at radius 1 is 1.27 bits per heavy atom. The first kappa shape index (κ1) is 11.8. The van der Waals surface area contributed by atoms with E-state index in [1.54, 1.807) is 6.07 Å². The van der Waals surface area contributed by atoms with Gasteiger partial charge >= 0.3 is 0 Å². The number of hydrogen-bond acceptors (Lipinski definition) is 2. The zero-order valence-electron chi connectivity index (χ0n) is 9.85. The zero-order chi connectivity index (χ0) is 11.6. The van der Waals surface area contributed by atoms with E-state index in [1.807, 2.05) is 27.7 Å². The molecule has 0 saturated carbocycles. The first-order valence-electron chi connectivity index (χ1n) is 5.32. The molecule has 0 aromatic heterocycles. The minimum absolute atomic E-state index is 0.168. The second-order valence-corrected chi connectivity index (χ2v) is 4.01. The van der Waals surface area contributed by atoms with Crippen molar-refractivity contribution in [1.29, 1.82) is 0 Å². The van der Waals surface area contributed by atoms with Gasteiger partial charge in [-0.3, -0.25) is 4.79 Å². The van der Waals surface area contributed by atoms with Gasteiger partial charge in [0.05, 0.1) is 0 Å².